The molecule has 1 saturated heterocycles. The largest absolute Gasteiger partial charge is 0.391 e. The normalized spacial score (nSPS) is 23.0. The minimum absolute atomic E-state index is 0.250. The lowest BCUT2D eigenvalue weighted by atomic mass is 9.94. The molecule has 5 heteroatoms. The van der Waals surface area contributed by atoms with Gasteiger partial charge >= 0.3 is 6.18 Å². The molecule has 1 N–H and O–H groups in total. The van der Waals surface area contributed by atoms with E-state index >= 15 is 0 Å². The van der Waals surface area contributed by atoms with Crippen LogP contribution in [0.1, 0.15) is 33.1 Å². The number of piperidine rings is 1. The maximum Gasteiger partial charge on any atom is 0.391 e. The summed E-state index contributed by atoms with van der Waals surface area (Å²) in [5.74, 6) is -0.541. The maximum absolute atomic E-state index is 12.5. The Labute approximate surface area is 108 Å². The lowest BCUT2D eigenvalue weighted by molar-refractivity contribution is -0.185. The Hall–Kier alpha value is -0.290. The maximum atomic E-state index is 12.5. The molecule has 0 radical (unpaired) electrons. The number of halogens is 3. The first kappa shape index (κ1) is 15.8. The van der Waals surface area contributed by atoms with Gasteiger partial charge in [0, 0.05) is 12.6 Å². The second-order valence-electron chi connectivity index (χ2n) is 5.40. The average Bonchev–Trinajstić information content (AvgIpc) is 2.34. The molecule has 0 amide bonds. The summed E-state index contributed by atoms with van der Waals surface area (Å²) in [6.45, 7) is 6.32. The first-order valence-corrected chi connectivity index (χ1v) is 6.84. The van der Waals surface area contributed by atoms with Crippen LogP contribution in [0.4, 0.5) is 13.2 Å². The van der Waals surface area contributed by atoms with Gasteiger partial charge in [-0.15, -0.1) is 0 Å². The van der Waals surface area contributed by atoms with E-state index in [1.165, 1.54) is 0 Å². The number of rotatable bonds is 5. The quantitative estimate of drug-likeness (QED) is 0.823. The molecule has 1 aliphatic heterocycles. The van der Waals surface area contributed by atoms with Crippen molar-refractivity contribution in [2.24, 2.45) is 11.8 Å². The number of hydrogen-bond donors (Lipinski definition) is 1. The number of hydrogen-bond acceptors (Lipinski definition) is 2. The molecule has 1 rings (SSSR count). The predicted octanol–water partition coefficient (Wildman–Crippen LogP) is 2.89. The topological polar surface area (TPSA) is 15.3 Å². The smallest absolute Gasteiger partial charge is 0.315 e. The third-order valence-corrected chi connectivity index (χ3v) is 4.21. The summed E-state index contributed by atoms with van der Waals surface area (Å²) < 4.78 is 37.6. The molecular weight excluding hydrogens is 241 g/mol. The summed E-state index contributed by atoms with van der Waals surface area (Å²) in [6.07, 6.45) is -2.42. The van der Waals surface area contributed by atoms with E-state index in [4.69, 9.17) is 0 Å². The molecule has 2 atom stereocenters. The van der Waals surface area contributed by atoms with Crippen molar-refractivity contribution in [3.63, 3.8) is 0 Å². The molecule has 2 unspecified atom stereocenters. The number of alkyl halides is 3. The summed E-state index contributed by atoms with van der Waals surface area (Å²) in [5.41, 5.74) is 0. The summed E-state index contributed by atoms with van der Waals surface area (Å²) in [7, 11) is 1.93. The third-order valence-electron chi connectivity index (χ3n) is 4.21. The van der Waals surface area contributed by atoms with Gasteiger partial charge < -0.3 is 10.2 Å². The highest BCUT2D eigenvalue weighted by Gasteiger charge is 2.41. The average molecular weight is 266 g/mol. The van der Waals surface area contributed by atoms with Gasteiger partial charge in [-0.25, -0.2) is 0 Å². The molecule has 108 valence electrons. The molecule has 0 spiro atoms. The molecule has 0 aliphatic carbocycles. The SMILES string of the molecule is CCC(C)C(CN1CCC(C(F)(F)F)CC1)NC. The van der Waals surface area contributed by atoms with Crippen LogP contribution < -0.4 is 5.32 Å². The van der Waals surface area contributed by atoms with Gasteiger partial charge in [0.15, 0.2) is 0 Å². The van der Waals surface area contributed by atoms with E-state index in [0.717, 1.165) is 13.0 Å². The van der Waals surface area contributed by atoms with E-state index in [0.29, 0.717) is 25.0 Å². The van der Waals surface area contributed by atoms with Crippen molar-refractivity contribution in [3.05, 3.63) is 0 Å². The standard InChI is InChI=1S/C13H25F3N2/c1-4-10(2)12(17-3)9-18-7-5-11(6-8-18)13(14,15)16/h10-12,17H,4-9H2,1-3H3. The Morgan fingerprint density at radius 3 is 2.22 bits per heavy atom. The van der Waals surface area contributed by atoms with Gasteiger partial charge in [0.25, 0.3) is 0 Å². The number of nitrogens with zero attached hydrogens (tertiary/aromatic N) is 1. The van der Waals surface area contributed by atoms with Gasteiger partial charge in [-0.05, 0) is 38.9 Å². The summed E-state index contributed by atoms with van der Waals surface area (Å²) in [4.78, 5) is 2.16. The first-order valence-electron chi connectivity index (χ1n) is 6.84. The first-order chi connectivity index (χ1) is 8.38. The fourth-order valence-corrected chi connectivity index (χ4v) is 2.56. The number of likely N-dealkylation sites (N-methyl/N-ethyl adjacent to an activating group) is 1. The van der Waals surface area contributed by atoms with E-state index in [1.54, 1.807) is 0 Å². The van der Waals surface area contributed by atoms with Crippen LogP contribution >= 0.6 is 0 Å². The van der Waals surface area contributed by atoms with Crippen LogP contribution in [0.5, 0.6) is 0 Å². The monoisotopic (exact) mass is 266 g/mol. The minimum Gasteiger partial charge on any atom is -0.315 e. The van der Waals surface area contributed by atoms with E-state index in [-0.39, 0.29) is 12.8 Å². The minimum atomic E-state index is -4.01. The molecule has 1 aliphatic rings. The molecule has 0 aromatic heterocycles. The highest BCUT2D eigenvalue weighted by atomic mass is 19.4. The van der Waals surface area contributed by atoms with Crippen LogP contribution in [0.25, 0.3) is 0 Å². The van der Waals surface area contributed by atoms with Crippen LogP contribution in [0.2, 0.25) is 0 Å². The van der Waals surface area contributed by atoms with Crippen LogP contribution in [-0.4, -0.2) is 43.8 Å². The molecule has 0 aromatic carbocycles. The van der Waals surface area contributed by atoms with Crippen molar-refractivity contribution < 1.29 is 13.2 Å². The zero-order valence-corrected chi connectivity index (χ0v) is 11.6. The Kier molecular flexibility index (Phi) is 5.92. The molecular formula is C13H25F3N2. The summed E-state index contributed by atoms with van der Waals surface area (Å²) >= 11 is 0. The van der Waals surface area contributed by atoms with Crippen LogP contribution in [0.3, 0.4) is 0 Å². The Balaban J connectivity index is 2.39. The van der Waals surface area contributed by atoms with Crippen molar-refractivity contribution in [3.8, 4) is 0 Å². The fourth-order valence-electron chi connectivity index (χ4n) is 2.56. The molecule has 1 heterocycles. The molecule has 2 nitrogen and oxygen atoms in total. The van der Waals surface area contributed by atoms with Crippen LogP contribution in [0.15, 0.2) is 0 Å². The van der Waals surface area contributed by atoms with Crippen molar-refractivity contribution in [2.45, 2.75) is 45.3 Å². The lowest BCUT2D eigenvalue weighted by Gasteiger charge is -2.36. The zero-order valence-electron chi connectivity index (χ0n) is 11.6. The van der Waals surface area contributed by atoms with Gasteiger partial charge in [-0.3, -0.25) is 0 Å². The highest BCUT2D eigenvalue weighted by Crippen LogP contribution is 2.34. The summed E-state index contributed by atoms with van der Waals surface area (Å²) in [6, 6.07) is 0.373. The molecule has 0 aromatic rings. The van der Waals surface area contributed by atoms with Gasteiger partial charge in [0.1, 0.15) is 0 Å². The van der Waals surface area contributed by atoms with Crippen molar-refractivity contribution >= 4 is 0 Å². The van der Waals surface area contributed by atoms with Crippen molar-refractivity contribution in [2.75, 3.05) is 26.7 Å². The highest BCUT2D eigenvalue weighted by molar-refractivity contribution is 4.81. The van der Waals surface area contributed by atoms with Gasteiger partial charge in [-0.2, -0.15) is 13.2 Å². The van der Waals surface area contributed by atoms with E-state index in [2.05, 4.69) is 24.1 Å². The fraction of sp³-hybridized carbons (Fsp3) is 1.00. The summed E-state index contributed by atoms with van der Waals surface area (Å²) in [5, 5.41) is 3.28. The lowest BCUT2D eigenvalue weighted by Crippen LogP contribution is -2.47. The van der Waals surface area contributed by atoms with Gasteiger partial charge in [0.05, 0.1) is 5.92 Å². The Bertz CT molecular complexity index is 235. The molecule has 18 heavy (non-hydrogen) atoms. The van der Waals surface area contributed by atoms with Gasteiger partial charge in [0.2, 0.25) is 0 Å². The van der Waals surface area contributed by atoms with Crippen LogP contribution in [0, 0.1) is 11.8 Å². The van der Waals surface area contributed by atoms with Gasteiger partial charge in [-0.1, -0.05) is 20.3 Å². The van der Waals surface area contributed by atoms with Crippen molar-refractivity contribution in [1.82, 2.24) is 10.2 Å². The zero-order chi connectivity index (χ0) is 13.8. The molecule has 1 fully saturated rings. The van der Waals surface area contributed by atoms with Crippen molar-refractivity contribution in [1.29, 1.82) is 0 Å². The second kappa shape index (κ2) is 6.75. The number of likely N-dealkylation sites (tertiary alicyclic amines) is 1. The number of nitrogens with one attached hydrogen (secondary N) is 1. The Morgan fingerprint density at radius 2 is 1.83 bits per heavy atom. The predicted molar refractivity (Wildman–Crippen MR) is 67.5 cm³/mol. The van der Waals surface area contributed by atoms with E-state index in [1.807, 2.05) is 7.05 Å². The molecule has 0 saturated carbocycles. The van der Waals surface area contributed by atoms with Crippen LogP contribution in [-0.2, 0) is 0 Å². The third kappa shape index (κ3) is 4.43. The van der Waals surface area contributed by atoms with E-state index in [9.17, 15) is 13.2 Å². The second-order valence-corrected chi connectivity index (χ2v) is 5.40. The molecule has 0 bridgehead atoms. The van der Waals surface area contributed by atoms with E-state index < -0.39 is 12.1 Å². The Morgan fingerprint density at radius 1 is 1.28 bits per heavy atom.